The predicted octanol–water partition coefficient (Wildman–Crippen LogP) is 14.9. The molecule has 0 saturated heterocycles. The molecule has 0 spiro atoms. The number of benzene rings is 8. The second-order valence-electron chi connectivity index (χ2n) is 16.4. The number of hydrogen-bond donors (Lipinski definition) is 0. The summed E-state index contributed by atoms with van der Waals surface area (Å²) in [7, 11) is 0. The number of aromatic nitrogens is 4. The van der Waals surface area contributed by atoms with Crippen molar-refractivity contribution in [1.29, 1.82) is 0 Å². The minimum Gasteiger partial charge on any atom is -0.458 e. The zero-order chi connectivity index (χ0) is 43.0. The Morgan fingerprint density at radius 2 is 1.16 bits per heavy atom. The van der Waals surface area contributed by atoms with Crippen LogP contribution in [0.1, 0.15) is 38.2 Å². The summed E-state index contributed by atoms with van der Waals surface area (Å²) >= 11 is 0. The van der Waals surface area contributed by atoms with Crippen LogP contribution in [0.5, 0.6) is 11.5 Å². The molecule has 0 saturated carbocycles. The molecular formula is C59H46N4O. The second-order valence-corrected chi connectivity index (χ2v) is 16.4. The molecule has 0 N–H and O–H groups in total. The van der Waals surface area contributed by atoms with Gasteiger partial charge in [0.2, 0.25) is 0 Å². The fraction of sp³-hybridized carbons (Fsp3) is 0.0847. The standard InChI is InChI=1S/C59H46N4O/c1-3-41(4-2)46-34-35-60-58(37-46)63-54-29-15-14-26-52(54)53-32-31-49(39-56(53)63)64-48-25-16-24-47(38-48)61-40-62(55-33-30-45(36-57(55)61)42-18-8-5-9-19-42)59-50(43-20-10-6-11-21-43)27-17-28-51(59)44-22-12-7-13-23-44/h5-39,41H,3-4H2,1-2H3. The van der Waals surface area contributed by atoms with Crippen LogP contribution in [0.3, 0.4) is 0 Å². The van der Waals surface area contributed by atoms with Crippen molar-refractivity contribution in [2.24, 2.45) is 0 Å². The van der Waals surface area contributed by atoms with E-state index in [-0.39, 0.29) is 0 Å². The molecule has 0 atom stereocenters. The van der Waals surface area contributed by atoms with Crippen LogP contribution in [0, 0.1) is 6.33 Å². The first-order valence-corrected chi connectivity index (χ1v) is 22.2. The van der Waals surface area contributed by atoms with Gasteiger partial charge in [-0.15, -0.1) is 0 Å². The van der Waals surface area contributed by atoms with Crippen molar-refractivity contribution in [3.05, 3.63) is 224 Å². The van der Waals surface area contributed by atoms with Crippen LogP contribution in [0.25, 0.3) is 83.4 Å². The third kappa shape index (κ3) is 7.01. The van der Waals surface area contributed by atoms with E-state index in [4.69, 9.17) is 9.72 Å². The quantitative estimate of drug-likeness (QED) is 0.0962. The first-order chi connectivity index (χ1) is 31.6. The first kappa shape index (κ1) is 38.9. The van der Waals surface area contributed by atoms with E-state index in [0.717, 1.165) is 102 Å². The Hall–Kier alpha value is -8.02. The molecule has 0 aliphatic heterocycles. The van der Waals surface area contributed by atoms with Crippen LogP contribution in [0.2, 0.25) is 0 Å². The third-order valence-corrected chi connectivity index (χ3v) is 12.6. The zero-order valence-electron chi connectivity index (χ0n) is 35.9. The predicted molar refractivity (Wildman–Crippen MR) is 262 cm³/mol. The van der Waals surface area contributed by atoms with Gasteiger partial charge in [0.1, 0.15) is 17.3 Å². The van der Waals surface area contributed by atoms with Gasteiger partial charge in [0.05, 0.1) is 33.4 Å². The number of rotatable bonds is 11. The normalized spacial score (nSPS) is 11.5. The maximum atomic E-state index is 6.81. The second kappa shape index (κ2) is 16.7. The summed E-state index contributed by atoms with van der Waals surface area (Å²) < 4.78 is 13.5. The van der Waals surface area contributed by atoms with Gasteiger partial charge in [-0.05, 0) is 112 Å². The van der Waals surface area contributed by atoms with Gasteiger partial charge >= 0.3 is 0 Å². The highest BCUT2D eigenvalue weighted by Crippen LogP contribution is 2.38. The lowest BCUT2D eigenvalue weighted by Crippen LogP contribution is -2.31. The molecule has 3 aromatic heterocycles. The first-order valence-electron chi connectivity index (χ1n) is 22.2. The average Bonchev–Trinajstić information content (AvgIpc) is 3.90. The Morgan fingerprint density at radius 1 is 0.516 bits per heavy atom. The molecule has 0 aliphatic rings. The number of nitrogens with zero attached hydrogens (tertiary/aromatic N) is 4. The lowest BCUT2D eigenvalue weighted by atomic mass is 9.95. The van der Waals surface area contributed by atoms with Crippen molar-refractivity contribution < 1.29 is 9.30 Å². The Balaban J connectivity index is 1.06. The fourth-order valence-electron chi connectivity index (χ4n) is 9.42. The number of ether oxygens (including phenoxy) is 1. The Labute approximate surface area is 373 Å². The lowest BCUT2D eigenvalue weighted by Gasteiger charge is -2.17. The Bertz CT molecular complexity index is 3380. The van der Waals surface area contributed by atoms with Gasteiger partial charge in [0.25, 0.3) is 6.33 Å². The summed E-state index contributed by atoms with van der Waals surface area (Å²) in [6.07, 6.45) is 7.99. The topological polar surface area (TPSA) is 35.9 Å². The number of pyridine rings is 1. The fourth-order valence-corrected chi connectivity index (χ4v) is 9.42. The smallest absolute Gasteiger partial charge is 0.269 e. The molecule has 5 heteroatoms. The molecule has 11 aromatic rings. The van der Waals surface area contributed by atoms with Gasteiger partial charge in [-0.1, -0.05) is 159 Å². The average molecular weight is 827 g/mol. The number of fused-ring (bicyclic) bond motifs is 4. The van der Waals surface area contributed by atoms with E-state index in [1.807, 2.05) is 12.3 Å². The number of para-hydroxylation sites is 2. The van der Waals surface area contributed by atoms with Crippen molar-refractivity contribution >= 4 is 32.8 Å². The van der Waals surface area contributed by atoms with Gasteiger partial charge in [-0.25, -0.2) is 4.98 Å². The summed E-state index contributed by atoms with van der Waals surface area (Å²) in [5.74, 6) is 2.87. The summed E-state index contributed by atoms with van der Waals surface area (Å²) in [5.41, 5.74) is 14.3. The van der Waals surface area contributed by atoms with E-state index in [0.29, 0.717) is 5.92 Å². The van der Waals surface area contributed by atoms with E-state index in [9.17, 15) is 0 Å². The van der Waals surface area contributed by atoms with Gasteiger partial charge in [-0.2, -0.15) is 0 Å². The zero-order valence-corrected chi connectivity index (χ0v) is 35.9. The third-order valence-electron chi connectivity index (χ3n) is 12.6. The monoisotopic (exact) mass is 826 g/mol. The Morgan fingerprint density at radius 3 is 1.88 bits per heavy atom. The summed E-state index contributed by atoms with van der Waals surface area (Å²) in [6.45, 7) is 4.52. The molecule has 64 heavy (non-hydrogen) atoms. The van der Waals surface area contributed by atoms with E-state index in [1.165, 1.54) is 10.9 Å². The SMILES string of the molecule is CCC(CC)c1ccnc(-n2c3ccccc3c3ccc(Oc4cccc(-n5[c-][n+](-c6c(-c7ccccc7)cccc6-c6ccccc6)c6ccc(-c7ccccc7)cc65)c4)cc32)c1. The van der Waals surface area contributed by atoms with Crippen LogP contribution in [0.4, 0.5) is 0 Å². The largest absolute Gasteiger partial charge is 0.458 e. The lowest BCUT2D eigenvalue weighted by molar-refractivity contribution is -0.571. The molecule has 0 fully saturated rings. The minimum atomic E-state index is 0.486. The molecule has 5 nitrogen and oxygen atoms in total. The number of hydrogen-bond acceptors (Lipinski definition) is 2. The maximum Gasteiger partial charge on any atom is 0.269 e. The molecule has 0 unspecified atom stereocenters. The molecule has 0 radical (unpaired) electrons. The molecule has 3 heterocycles. The molecule has 0 aliphatic carbocycles. The van der Waals surface area contributed by atoms with E-state index >= 15 is 0 Å². The van der Waals surface area contributed by atoms with Crippen LogP contribution >= 0.6 is 0 Å². The van der Waals surface area contributed by atoms with Crippen molar-refractivity contribution in [1.82, 2.24) is 14.1 Å². The van der Waals surface area contributed by atoms with Crippen LogP contribution in [-0.4, -0.2) is 14.1 Å². The van der Waals surface area contributed by atoms with E-state index in [2.05, 4.69) is 234 Å². The van der Waals surface area contributed by atoms with Crippen LogP contribution in [-0.2, 0) is 0 Å². The van der Waals surface area contributed by atoms with Crippen molar-refractivity contribution in [2.75, 3.05) is 0 Å². The molecule has 0 bridgehead atoms. The summed E-state index contributed by atoms with van der Waals surface area (Å²) in [4.78, 5) is 4.93. The van der Waals surface area contributed by atoms with Crippen LogP contribution in [0.15, 0.2) is 212 Å². The molecule has 11 rings (SSSR count). The minimum absolute atomic E-state index is 0.486. The maximum absolute atomic E-state index is 6.81. The van der Waals surface area contributed by atoms with E-state index < -0.39 is 0 Å². The van der Waals surface area contributed by atoms with Gasteiger partial charge in [0.15, 0.2) is 0 Å². The van der Waals surface area contributed by atoms with Crippen molar-refractivity contribution in [3.8, 4) is 62.1 Å². The molecule has 8 aromatic carbocycles. The Kier molecular flexibility index (Phi) is 10.1. The molecular weight excluding hydrogens is 781 g/mol. The van der Waals surface area contributed by atoms with Crippen molar-refractivity contribution in [2.45, 2.75) is 32.6 Å². The van der Waals surface area contributed by atoms with Gasteiger partial charge in [-0.3, -0.25) is 13.7 Å². The van der Waals surface area contributed by atoms with Crippen LogP contribution < -0.4 is 9.30 Å². The summed E-state index contributed by atoms with van der Waals surface area (Å²) in [6, 6.07) is 72.8. The molecule has 308 valence electrons. The highest BCUT2D eigenvalue weighted by Gasteiger charge is 2.21. The van der Waals surface area contributed by atoms with Crippen molar-refractivity contribution in [3.63, 3.8) is 0 Å². The van der Waals surface area contributed by atoms with Gasteiger partial charge in [0, 0.05) is 23.0 Å². The molecule has 0 amide bonds. The van der Waals surface area contributed by atoms with Gasteiger partial charge < -0.3 is 4.74 Å². The summed E-state index contributed by atoms with van der Waals surface area (Å²) in [5, 5.41) is 2.34. The highest BCUT2D eigenvalue weighted by atomic mass is 16.5. The highest BCUT2D eigenvalue weighted by molar-refractivity contribution is 6.09. The van der Waals surface area contributed by atoms with E-state index in [1.54, 1.807) is 0 Å². The number of imidazole rings is 1.